The summed E-state index contributed by atoms with van der Waals surface area (Å²) < 4.78 is 51.9. The Hall–Kier alpha value is -2.07. The number of pyridine rings is 2. The van der Waals surface area contributed by atoms with Gasteiger partial charge in [0.25, 0.3) is 0 Å². The molecule has 1 saturated heterocycles. The summed E-state index contributed by atoms with van der Waals surface area (Å²) in [5.41, 5.74) is 1.48. The highest BCUT2D eigenvalue weighted by Gasteiger charge is 2.54. The third-order valence-electron chi connectivity index (χ3n) is 7.67. The van der Waals surface area contributed by atoms with Crippen LogP contribution in [0, 0.1) is 5.41 Å². The minimum absolute atomic E-state index is 0.0565. The second-order valence-corrected chi connectivity index (χ2v) is 10.9. The molecule has 3 aliphatic rings. The van der Waals surface area contributed by atoms with E-state index >= 15 is 0 Å². The predicted molar refractivity (Wildman–Crippen MR) is 121 cm³/mol. The average Bonchev–Trinajstić information content (AvgIpc) is 3.10. The molecule has 1 aliphatic carbocycles. The number of aromatic nitrogens is 2. The lowest BCUT2D eigenvalue weighted by Crippen LogP contribution is -2.38. The van der Waals surface area contributed by atoms with Gasteiger partial charge in [0.15, 0.2) is 0 Å². The number of hydrogen-bond donors (Lipinski definition) is 2. The lowest BCUT2D eigenvalue weighted by atomic mass is 9.68. The Morgan fingerprint density at radius 1 is 1.09 bits per heavy atom. The number of fused-ring (bicyclic) bond motifs is 4. The number of aliphatic hydroxyl groups is 2. The van der Waals surface area contributed by atoms with Gasteiger partial charge in [-0.3, -0.25) is 9.97 Å². The van der Waals surface area contributed by atoms with Crippen LogP contribution in [0.4, 0.5) is 13.2 Å². The van der Waals surface area contributed by atoms with E-state index in [9.17, 15) is 23.4 Å². The number of nitrogens with zero attached hydrogens (tertiary/aromatic N) is 2. The Morgan fingerprint density at radius 2 is 1.77 bits per heavy atom. The fourth-order valence-electron chi connectivity index (χ4n) is 5.82. The van der Waals surface area contributed by atoms with E-state index in [-0.39, 0.29) is 5.92 Å². The highest BCUT2D eigenvalue weighted by atomic mass is 19.4. The summed E-state index contributed by atoms with van der Waals surface area (Å²) in [6.45, 7) is 8.68. The van der Waals surface area contributed by atoms with E-state index in [0.29, 0.717) is 55.1 Å². The highest BCUT2D eigenvalue weighted by molar-refractivity contribution is 5.54. The molecule has 1 spiro atoms. The molecular formula is C26H31F3N2O4. The van der Waals surface area contributed by atoms with Crippen molar-refractivity contribution in [1.82, 2.24) is 9.97 Å². The number of rotatable bonds is 2. The lowest BCUT2D eigenvalue weighted by molar-refractivity contribution is -0.138. The fourth-order valence-corrected chi connectivity index (χ4v) is 5.82. The van der Waals surface area contributed by atoms with Crippen molar-refractivity contribution in [1.29, 1.82) is 0 Å². The molecule has 35 heavy (non-hydrogen) atoms. The molecule has 0 amide bonds. The normalized spacial score (nSPS) is 27.2. The van der Waals surface area contributed by atoms with E-state index in [1.807, 2.05) is 27.7 Å². The second kappa shape index (κ2) is 8.23. The van der Waals surface area contributed by atoms with Crippen LogP contribution in [0.2, 0.25) is 0 Å². The summed E-state index contributed by atoms with van der Waals surface area (Å²) in [7, 11) is 0. The molecule has 1 fully saturated rings. The molecule has 3 unspecified atom stereocenters. The Bertz CT molecular complexity index is 1120. The van der Waals surface area contributed by atoms with Crippen LogP contribution in [0.5, 0.6) is 0 Å². The van der Waals surface area contributed by atoms with Crippen molar-refractivity contribution in [3.05, 3.63) is 57.7 Å². The van der Waals surface area contributed by atoms with Gasteiger partial charge in [-0.25, -0.2) is 0 Å². The third-order valence-corrected chi connectivity index (χ3v) is 7.67. The Kier molecular flexibility index (Phi) is 5.79. The van der Waals surface area contributed by atoms with Crippen molar-refractivity contribution in [3.8, 4) is 0 Å². The molecule has 0 aromatic carbocycles. The van der Waals surface area contributed by atoms with E-state index in [1.165, 1.54) is 6.07 Å². The first-order valence-electron chi connectivity index (χ1n) is 12.1. The number of aliphatic hydroxyl groups excluding tert-OH is 2. The van der Waals surface area contributed by atoms with Gasteiger partial charge < -0.3 is 19.7 Å². The highest BCUT2D eigenvalue weighted by Crippen LogP contribution is 2.59. The predicted octanol–water partition coefficient (Wildman–Crippen LogP) is 5.24. The van der Waals surface area contributed by atoms with Crippen molar-refractivity contribution >= 4 is 0 Å². The van der Waals surface area contributed by atoms with Gasteiger partial charge in [0.2, 0.25) is 0 Å². The molecule has 190 valence electrons. The van der Waals surface area contributed by atoms with Crippen LogP contribution in [0.3, 0.4) is 0 Å². The maximum atomic E-state index is 13.2. The summed E-state index contributed by atoms with van der Waals surface area (Å²) in [5, 5.41) is 22.6. The standard InChI is InChI=1S/C26H31F3N2O4/c1-13(2)20-18-19(17-16(32)11-24(3,4)23(33)21(17)31-20)25(7-9-34-10-8-25)35-22(18)15-6-5-14(12-30-15)26(27,28)29/h5-6,12-13,16,22-23,32-33H,7-11H2,1-4H3. The molecule has 0 saturated carbocycles. The monoisotopic (exact) mass is 492 g/mol. The van der Waals surface area contributed by atoms with Gasteiger partial charge in [0.05, 0.1) is 28.7 Å². The topological polar surface area (TPSA) is 84.7 Å². The molecule has 0 radical (unpaired) electrons. The zero-order valence-corrected chi connectivity index (χ0v) is 20.3. The van der Waals surface area contributed by atoms with Crippen molar-refractivity contribution in [2.75, 3.05) is 13.2 Å². The smallest absolute Gasteiger partial charge is 0.388 e. The van der Waals surface area contributed by atoms with Gasteiger partial charge in [0, 0.05) is 49.1 Å². The lowest BCUT2D eigenvalue weighted by Gasteiger charge is -2.42. The van der Waals surface area contributed by atoms with Crippen LogP contribution in [0.1, 0.15) is 111 Å². The molecule has 0 bridgehead atoms. The Morgan fingerprint density at radius 3 is 2.34 bits per heavy atom. The molecule has 2 aromatic rings. The van der Waals surface area contributed by atoms with Gasteiger partial charge in [-0.05, 0) is 35.4 Å². The van der Waals surface area contributed by atoms with Gasteiger partial charge in [-0.2, -0.15) is 13.2 Å². The quantitative estimate of drug-likeness (QED) is 0.597. The molecule has 4 heterocycles. The second-order valence-electron chi connectivity index (χ2n) is 10.9. The largest absolute Gasteiger partial charge is 0.417 e. The number of alkyl halides is 3. The van der Waals surface area contributed by atoms with E-state index in [2.05, 4.69) is 4.98 Å². The van der Waals surface area contributed by atoms with Crippen LogP contribution < -0.4 is 0 Å². The molecule has 5 rings (SSSR count). The molecule has 3 atom stereocenters. The molecule has 9 heteroatoms. The van der Waals surface area contributed by atoms with Gasteiger partial charge in [-0.15, -0.1) is 0 Å². The maximum Gasteiger partial charge on any atom is 0.417 e. The van der Waals surface area contributed by atoms with Crippen LogP contribution in [0.25, 0.3) is 0 Å². The summed E-state index contributed by atoms with van der Waals surface area (Å²) in [4.78, 5) is 9.05. The van der Waals surface area contributed by atoms with Gasteiger partial charge in [-0.1, -0.05) is 27.7 Å². The molecule has 2 aliphatic heterocycles. The van der Waals surface area contributed by atoms with Crippen LogP contribution in [0.15, 0.2) is 18.3 Å². The number of ether oxygens (including phenoxy) is 2. The van der Waals surface area contributed by atoms with E-state index in [4.69, 9.17) is 14.5 Å². The first-order chi connectivity index (χ1) is 16.4. The van der Waals surface area contributed by atoms with E-state index in [1.54, 1.807) is 0 Å². The molecular weight excluding hydrogens is 461 g/mol. The zero-order chi connectivity index (χ0) is 25.3. The van der Waals surface area contributed by atoms with Crippen molar-refractivity contribution in [3.63, 3.8) is 0 Å². The van der Waals surface area contributed by atoms with Crippen LogP contribution in [-0.2, 0) is 21.3 Å². The van der Waals surface area contributed by atoms with Gasteiger partial charge >= 0.3 is 6.18 Å². The zero-order valence-electron chi connectivity index (χ0n) is 20.3. The van der Waals surface area contributed by atoms with Crippen LogP contribution in [-0.4, -0.2) is 33.4 Å². The van der Waals surface area contributed by atoms with Crippen molar-refractivity contribution < 1.29 is 32.9 Å². The van der Waals surface area contributed by atoms with E-state index in [0.717, 1.165) is 23.4 Å². The summed E-state index contributed by atoms with van der Waals surface area (Å²) in [5.74, 6) is -0.0565. The fraction of sp³-hybridized carbons (Fsp3) is 0.615. The van der Waals surface area contributed by atoms with Crippen LogP contribution >= 0.6 is 0 Å². The SMILES string of the molecule is CC(C)c1nc2c(c3c1C(c1ccc(C(F)(F)F)cn1)OC31CCOCC1)C(O)CC(C)(C)C2O. The summed E-state index contributed by atoms with van der Waals surface area (Å²) in [6.07, 6.45) is -4.72. The van der Waals surface area contributed by atoms with Gasteiger partial charge in [0.1, 0.15) is 12.2 Å². The first-order valence-corrected chi connectivity index (χ1v) is 12.1. The molecule has 2 aromatic heterocycles. The van der Waals surface area contributed by atoms with E-state index < -0.39 is 41.1 Å². The Labute approximate surface area is 202 Å². The summed E-state index contributed by atoms with van der Waals surface area (Å²) >= 11 is 0. The number of halogens is 3. The minimum Gasteiger partial charge on any atom is -0.388 e. The first kappa shape index (κ1) is 24.6. The maximum absolute atomic E-state index is 13.2. The molecule has 2 N–H and O–H groups in total. The van der Waals surface area contributed by atoms with Crippen molar-refractivity contribution in [2.45, 2.75) is 83.0 Å². The Balaban J connectivity index is 1.76. The van der Waals surface area contributed by atoms with Crippen molar-refractivity contribution in [2.24, 2.45) is 5.41 Å². The summed E-state index contributed by atoms with van der Waals surface area (Å²) in [6, 6.07) is 2.37. The minimum atomic E-state index is -4.49. The average molecular weight is 493 g/mol. The molecule has 6 nitrogen and oxygen atoms in total. The number of hydrogen-bond acceptors (Lipinski definition) is 6. The third kappa shape index (κ3) is 3.87.